The molecule has 0 spiro atoms. The van der Waals surface area contributed by atoms with Gasteiger partial charge in [-0.25, -0.2) is 0 Å². The Balaban J connectivity index is 1.56. The van der Waals surface area contributed by atoms with E-state index >= 15 is 0 Å². The molecule has 3 aromatic rings. The van der Waals surface area contributed by atoms with E-state index in [1.807, 2.05) is 42.5 Å². The Labute approximate surface area is 134 Å². The third-order valence-electron chi connectivity index (χ3n) is 4.15. The molecule has 0 saturated carbocycles. The molecule has 4 heterocycles. The van der Waals surface area contributed by atoms with Crippen LogP contribution in [0.2, 0.25) is 0 Å². The van der Waals surface area contributed by atoms with Crippen molar-refractivity contribution in [2.75, 3.05) is 24.6 Å². The molecule has 1 atom stereocenters. The third-order valence-corrected chi connectivity index (χ3v) is 4.15. The predicted octanol–water partition coefficient (Wildman–Crippen LogP) is 2.04. The van der Waals surface area contributed by atoms with Crippen molar-refractivity contribution in [1.29, 1.82) is 0 Å². The summed E-state index contributed by atoms with van der Waals surface area (Å²) in [4.78, 5) is 11.0. The Kier molecular flexibility index (Phi) is 3.67. The van der Waals surface area contributed by atoms with Crippen molar-refractivity contribution in [2.45, 2.75) is 19.6 Å². The highest BCUT2D eigenvalue weighted by atomic mass is 16.5. The smallest absolute Gasteiger partial charge is 0.0946 e. The molecular weight excluding hydrogens is 290 g/mol. The molecule has 1 unspecified atom stereocenters. The number of nitrogens with zero attached hydrogens (tertiary/aromatic N) is 5. The summed E-state index contributed by atoms with van der Waals surface area (Å²) in [5.41, 5.74) is 3.32. The number of anilines is 1. The number of aromatic nitrogens is 4. The van der Waals surface area contributed by atoms with Gasteiger partial charge in [0.05, 0.1) is 31.0 Å². The fourth-order valence-electron chi connectivity index (χ4n) is 3.07. The summed E-state index contributed by atoms with van der Waals surface area (Å²) in [6.45, 7) is 5.25. The number of morpholine rings is 1. The SMILES string of the molecule is Cc1cnn(CC2CN(c3ccnc4ccncc34)CCO2)c1. The normalized spacial score (nSPS) is 18.5. The molecule has 4 rings (SSSR count). The molecule has 0 bridgehead atoms. The van der Waals surface area contributed by atoms with E-state index in [1.165, 1.54) is 11.3 Å². The van der Waals surface area contributed by atoms with Crippen LogP contribution in [0.25, 0.3) is 10.9 Å². The van der Waals surface area contributed by atoms with E-state index in [1.54, 1.807) is 6.20 Å². The summed E-state index contributed by atoms with van der Waals surface area (Å²) in [6, 6.07) is 4.01. The van der Waals surface area contributed by atoms with Gasteiger partial charge in [-0.2, -0.15) is 5.10 Å². The van der Waals surface area contributed by atoms with Gasteiger partial charge in [0, 0.05) is 49.0 Å². The minimum absolute atomic E-state index is 0.128. The van der Waals surface area contributed by atoms with Crippen LogP contribution in [-0.2, 0) is 11.3 Å². The van der Waals surface area contributed by atoms with Crippen molar-refractivity contribution in [3.8, 4) is 0 Å². The minimum atomic E-state index is 0.128. The van der Waals surface area contributed by atoms with Crippen LogP contribution in [-0.4, -0.2) is 45.5 Å². The lowest BCUT2D eigenvalue weighted by Gasteiger charge is -2.35. The molecule has 1 fully saturated rings. The number of fused-ring (bicyclic) bond motifs is 1. The molecule has 6 nitrogen and oxygen atoms in total. The van der Waals surface area contributed by atoms with E-state index < -0.39 is 0 Å². The highest BCUT2D eigenvalue weighted by Crippen LogP contribution is 2.26. The monoisotopic (exact) mass is 309 g/mol. The first kappa shape index (κ1) is 14.1. The lowest BCUT2D eigenvalue weighted by molar-refractivity contribution is 0.0275. The molecule has 1 aliphatic rings. The maximum atomic E-state index is 5.92. The topological polar surface area (TPSA) is 56.1 Å². The summed E-state index contributed by atoms with van der Waals surface area (Å²) in [5.74, 6) is 0. The summed E-state index contributed by atoms with van der Waals surface area (Å²) in [6.07, 6.45) is 9.58. The van der Waals surface area contributed by atoms with Crippen molar-refractivity contribution < 1.29 is 4.74 Å². The molecule has 0 radical (unpaired) electrons. The quantitative estimate of drug-likeness (QED) is 0.741. The second-order valence-corrected chi connectivity index (χ2v) is 5.90. The maximum Gasteiger partial charge on any atom is 0.0946 e. The van der Waals surface area contributed by atoms with Gasteiger partial charge in [-0.3, -0.25) is 14.6 Å². The van der Waals surface area contributed by atoms with Crippen LogP contribution in [0.5, 0.6) is 0 Å². The predicted molar refractivity (Wildman–Crippen MR) is 88.5 cm³/mol. The Hall–Kier alpha value is -2.47. The van der Waals surface area contributed by atoms with Gasteiger partial charge in [-0.15, -0.1) is 0 Å². The Bertz CT molecular complexity index is 810. The van der Waals surface area contributed by atoms with Crippen molar-refractivity contribution >= 4 is 16.6 Å². The van der Waals surface area contributed by atoms with Gasteiger partial charge in [-0.1, -0.05) is 0 Å². The van der Waals surface area contributed by atoms with Crippen LogP contribution in [0.4, 0.5) is 5.69 Å². The van der Waals surface area contributed by atoms with Gasteiger partial charge in [0.15, 0.2) is 0 Å². The third kappa shape index (κ3) is 2.90. The number of rotatable bonds is 3. The van der Waals surface area contributed by atoms with Crippen molar-refractivity contribution in [2.24, 2.45) is 0 Å². The zero-order chi connectivity index (χ0) is 15.6. The lowest BCUT2D eigenvalue weighted by Crippen LogP contribution is -2.44. The fourth-order valence-corrected chi connectivity index (χ4v) is 3.07. The number of hydrogen-bond acceptors (Lipinski definition) is 5. The summed E-state index contributed by atoms with van der Waals surface area (Å²) < 4.78 is 7.88. The number of pyridine rings is 2. The molecule has 3 aromatic heterocycles. The highest BCUT2D eigenvalue weighted by Gasteiger charge is 2.22. The van der Waals surface area contributed by atoms with Gasteiger partial charge < -0.3 is 9.64 Å². The molecule has 1 aliphatic heterocycles. The first-order valence-electron chi connectivity index (χ1n) is 7.84. The second kappa shape index (κ2) is 5.96. The average Bonchev–Trinajstić information content (AvgIpc) is 2.99. The first-order valence-corrected chi connectivity index (χ1v) is 7.84. The zero-order valence-electron chi connectivity index (χ0n) is 13.1. The Morgan fingerprint density at radius 2 is 2.22 bits per heavy atom. The van der Waals surface area contributed by atoms with E-state index in [0.717, 1.165) is 37.1 Å². The molecule has 0 aliphatic carbocycles. The van der Waals surface area contributed by atoms with Gasteiger partial charge >= 0.3 is 0 Å². The van der Waals surface area contributed by atoms with E-state index in [9.17, 15) is 0 Å². The second-order valence-electron chi connectivity index (χ2n) is 5.90. The number of hydrogen-bond donors (Lipinski definition) is 0. The van der Waals surface area contributed by atoms with Gasteiger partial charge in [-0.05, 0) is 24.6 Å². The molecule has 0 aromatic carbocycles. The molecular formula is C17H19N5O. The van der Waals surface area contributed by atoms with Crippen molar-refractivity contribution in [1.82, 2.24) is 19.7 Å². The van der Waals surface area contributed by atoms with E-state index in [4.69, 9.17) is 4.74 Å². The van der Waals surface area contributed by atoms with Crippen LogP contribution in [0.1, 0.15) is 5.56 Å². The highest BCUT2D eigenvalue weighted by molar-refractivity contribution is 5.90. The molecule has 1 saturated heterocycles. The summed E-state index contributed by atoms with van der Waals surface area (Å²) >= 11 is 0. The van der Waals surface area contributed by atoms with Gasteiger partial charge in [0.25, 0.3) is 0 Å². The van der Waals surface area contributed by atoms with Crippen LogP contribution in [0.15, 0.2) is 43.1 Å². The molecule has 6 heteroatoms. The number of ether oxygens (including phenoxy) is 1. The van der Waals surface area contributed by atoms with Crippen LogP contribution in [0.3, 0.4) is 0 Å². The minimum Gasteiger partial charge on any atom is -0.373 e. The Morgan fingerprint density at radius 3 is 3.09 bits per heavy atom. The summed E-state index contributed by atoms with van der Waals surface area (Å²) in [7, 11) is 0. The first-order chi connectivity index (χ1) is 11.3. The van der Waals surface area contributed by atoms with E-state index in [-0.39, 0.29) is 6.10 Å². The summed E-state index contributed by atoms with van der Waals surface area (Å²) in [5, 5.41) is 5.44. The van der Waals surface area contributed by atoms with Crippen LogP contribution >= 0.6 is 0 Å². The number of aryl methyl sites for hydroxylation is 1. The standard InChI is InChI=1S/C17H19N5O/c1-13-8-20-22(10-13)12-14-11-21(6-7-23-14)17-3-5-19-16-2-4-18-9-15(16)17/h2-5,8-10,14H,6-7,11-12H2,1H3. The molecule has 0 amide bonds. The molecule has 118 valence electrons. The van der Waals surface area contributed by atoms with E-state index in [2.05, 4.69) is 26.0 Å². The van der Waals surface area contributed by atoms with Crippen molar-refractivity contribution in [3.63, 3.8) is 0 Å². The largest absolute Gasteiger partial charge is 0.373 e. The Morgan fingerprint density at radius 1 is 1.26 bits per heavy atom. The maximum absolute atomic E-state index is 5.92. The van der Waals surface area contributed by atoms with Crippen LogP contribution < -0.4 is 4.90 Å². The van der Waals surface area contributed by atoms with Gasteiger partial charge in [0.2, 0.25) is 0 Å². The van der Waals surface area contributed by atoms with E-state index in [0.29, 0.717) is 0 Å². The lowest BCUT2D eigenvalue weighted by atomic mass is 10.2. The zero-order valence-corrected chi connectivity index (χ0v) is 13.1. The van der Waals surface area contributed by atoms with Crippen LogP contribution in [0, 0.1) is 6.92 Å². The average molecular weight is 309 g/mol. The molecule has 0 N–H and O–H groups in total. The molecule has 23 heavy (non-hydrogen) atoms. The van der Waals surface area contributed by atoms with Gasteiger partial charge in [0.1, 0.15) is 0 Å². The fraction of sp³-hybridized carbons (Fsp3) is 0.353. The van der Waals surface area contributed by atoms with Crippen molar-refractivity contribution in [3.05, 3.63) is 48.7 Å².